The summed E-state index contributed by atoms with van der Waals surface area (Å²) in [6.07, 6.45) is 0.417. The first kappa shape index (κ1) is 12.0. The van der Waals surface area contributed by atoms with Crippen LogP contribution in [0, 0.1) is 5.92 Å². The maximum absolute atomic E-state index is 12.6. The van der Waals surface area contributed by atoms with Crippen molar-refractivity contribution in [3.8, 4) is 0 Å². The maximum Gasteiger partial charge on any atom is 0.416 e. The molecule has 0 atom stereocenters. The molecule has 1 aliphatic rings. The van der Waals surface area contributed by atoms with Gasteiger partial charge in [0, 0.05) is 11.5 Å². The molecule has 0 aromatic heterocycles. The lowest BCUT2D eigenvalue weighted by Crippen LogP contribution is -2.09. The predicted octanol–water partition coefficient (Wildman–Crippen LogP) is 3.49. The smallest absolute Gasteiger partial charge is 0.391 e. The van der Waals surface area contributed by atoms with E-state index >= 15 is 0 Å². The van der Waals surface area contributed by atoms with E-state index in [1.807, 2.05) is 0 Å². The summed E-state index contributed by atoms with van der Waals surface area (Å²) in [5.41, 5.74) is -0.594. The topological polar surface area (TPSA) is 21.6 Å². The van der Waals surface area contributed by atoms with Gasteiger partial charge in [0.05, 0.1) is 5.56 Å². The minimum atomic E-state index is -4.36. The molecule has 2 rings (SSSR count). The van der Waals surface area contributed by atoms with Crippen molar-refractivity contribution in [3.63, 3.8) is 0 Å². The summed E-state index contributed by atoms with van der Waals surface area (Å²) in [5.74, 6) is 0.327. The molecule has 0 amide bonds. The SMILES string of the molecule is FC(F)(F)c1ccccc1CO/N=[C]\C1CC1. The van der Waals surface area contributed by atoms with Crippen molar-refractivity contribution in [2.75, 3.05) is 0 Å². The minimum Gasteiger partial charge on any atom is -0.391 e. The van der Waals surface area contributed by atoms with Crippen LogP contribution in [-0.2, 0) is 17.6 Å². The van der Waals surface area contributed by atoms with Crippen LogP contribution in [0.1, 0.15) is 24.0 Å². The number of hydrogen-bond donors (Lipinski definition) is 0. The van der Waals surface area contributed by atoms with Gasteiger partial charge in [0.1, 0.15) is 12.8 Å². The van der Waals surface area contributed by atoms with Crippen LogP contribution in [0.25, 0.3) is 0 Å². The van der Waals surface area contributed by atoms with Crippen molar-refractivity contribution in [2.24, 2.45) is 11.1 Å². The van der Waals surface area contributed by atoms with Gasteiger partial charge in [-0.05, 0) is 18.9 Å². The van der Waals surface area contributed by atoms with Crippen LogP contribution in [0.2, 0.25) is 0 Å². The lowest BCUT2D eigenvalue weighted by Gasteiger charge is -2.11. The molecule has 5 heteroatoms. The Labute approximate surface area is 97.1 Å². The third kappa shape index (κ3) is 3.47. The molecule has 0 heterocycles. The van der Waals surface area contributed by atoms with Gasteiger partial charge in [-0.15, -0.1) is 0 Å². The molecule has 1 radical (unpaired) electrons. The zero-order chi connectivity index (χ0) is 12.3. The molecule has 1 aromatic rings. The predicted molar refractivity (Wildman–Crippen MR) is 56.4 cm³/mol. The van der Waals surface area contributed by atoms with Crippen LogP contribution in [0.15, 0.2) is 29.4 Å². The van der Waals surface area contributed by atoms with Crippen LogP contribution in [0.4, 0.5) is 13.2 Å². The quantitative estimate of drug-likeness (QED) is 0.585. The molecule has 0 saturated heterocycles. The van der Waals surface area contributed by atoms with Crippen LogP contribution in [0.3, 0.4) is 0 Å². The summed E-state index contributed by atoms with van der Waals surface area (Å²) in [6, 6.07) is 5.32. The van der Waals surface area contributed by atoms with Crippen molar-refractivity contribution in [3.05, 3.63) is 35.4 Å². The molecule has 0 aliphatic heterocycles. The number of halogens is 3. The highest BCUT2D eigenvalue weighted by atomic mass is 19.4. The molecular formula is C12H11F3NO. The molecule has 2 nitrogen and oxygen atoms in total. The third-order valence-electron chi connectivity index (χ3n) is 2.42. The molecule has 0 unspecified atom stereocenters. The monoisotopic (exact) mass is 242 g/mol. The summed E-state index contributed by atoms with van der Waals surface area (Å²) < 4.78 is 37.8. The summed E-state index contributed by atoms with van der Waals surface area (Å²) in [4.78, 5) is 4.82. The Balaban J connectivity index is 1.99. The van der Waals surface area contributed by atoms with Gasteiger partial charge in [0.2, 0.25) is 0 Å². The van der Waals surface area contributed by atoms with E-state index in [9.17, 15) is 13.2 Å². The highest BCUT2D eigenvalue weighted by Crippen LogP contribution is 2.32. The standard InChI is InChI=1S/C12H11F3NO/c13-12(14,15)11-4-2-1-3-10(11)8-17-16-7-9-5-6-9/h1-4,9H,5-6,8H2. The van der Waals surface area contributed by atoms with E-state index in [1.165, 1.54) is 12.1 Å². The zero-order valence-corrected chi connectivity index (χ0v) is 9.00. The van der Waals surface area contributed by atoms with Gasteiger partial charge in [-0.3, -0.25) is 0 Å². The number of rotatable bonds is 4. The zero-order valence-electron chi connectivity index (χ0n) is 9.00. The normalized spacial score (nSPS) is 16.4. The van der Waals surface area contributed by atoms with Crippen LogP contribution in [-0.4, -0.2) is 6.21 Å². The average molecular weight is 242 g/mol. The van der Waals surface area contributed by atoms with Gasteiger partial charge >= 0.3 is 6.18 Å². The molecule has 1 aliphatic carbocycles. The summed E-state index contributed by atoms with van der Waals surface area (Å²) in [5, 5.41) is 3.53. The number of nitrogens with zero attached hydrogens (tertiary/aromatic N) is 1. The fourth-order valence-electron chi connectivity index (χ4n) is 1.35. The molecule has 1 aromatic carbocycles. The Morgan fingerprint density at radius 2 is 2.00 bits per heavy atom. The highest BCUT2D eigenvalue weighted by molar-refractivity contribution is 5.62. The van der Waals surface area contributed by atoms with E-state index in [0.29, 0.717) is 5.92 Å². The fourth-order valence-corrected chi connectivity index (χ4v) is 1.35. The molecule has 0 spiro atoms. The molecule has 0 bridgehead atoms. The first-order valence-corrected chi connectivity index (χ1v) is 5.30. The lowest BCUT2D eigenvalue weighted by atomic mass is 10.1. The summed E-state index contributed by atoms with van der Waals surface area (Å²) in [7, 11) is 0. The molecule has 91 valence electrons. The third-order valence-corrected chi connectivity index (χ3v) is 2.42. The largest absolute Gasteiger partial charge is 0.416 e. The lowest BCUT2D eigenvalue weighted by molar-refractivity contribution is -0.138. The van der Waals surface area contributed by atoms with E-state index in [0.717, 1.165) is 18.9 Å². The number of benzene rings is 1. The molecular weight excluding hydrogens is 231 g/mol. The van der Waals surface area contributed by atoms with Crippen LogP contribution >= 0.6 is 0 Å². The van der Waals surface area contributed by atoms with Crippen molar-refractivity contribution >= 4 is 6.21 Å². The maximum atomic E-state index is 12.6. The van der Waals surface area contributed by atoms with E-state index < -0.39 is 11.7 Å². The highest BCUT2D eigenvalue weighted by Gasteiger charge is 2.33. The van der Waals surface area contributed by atoms with Crippen molar-refractivity contribution in [1.82, 2.24) is 0 Å². The van der Waals surface area contributed by atoms with Crippen molar-refractivity contribution in [1.29, 1.82) is 0 Å². The number of alkyl halides is 3. The van der Waals surface area contributed by atoms with Gasteiger partial charge in [-0.1, -0.05) is 23.4 Å². The van der Waals surface area contributed by atoms with Crippen molar-refractivity contribution < 1.29 is 18.0 Å². The molecule has 1 saturated carbocycles. The summed E-state index contributed by atoms with van der Waals surface area (Å²) in [6.45, 7) is -0.185. The summed E-state index contributed by atoms with van der Waals surface area (Å²) >= 11 is 0. The second-order valence-electron chi connectivity index (χ2n) is 3.92. The minimum absolute atomic E-state index is 0.0846. The van der Waals surface area contributed by atoms with Crippen LogP contribution in [0.5, 0.6) is 0 Å². The van der Waals surface area contributed by atoms with E-state index in [1.54, 1.807) is 6.07 Å². The molecule has 0 N–H and O–H groups in total. The molecule has 1 fully saturated rings. The van der Waals surface area contributed by atoms with E-state index in [-0.39, 0.29) is 12.2 Å². The number of hydrogen-bond acceptors (Lipinski definition) is 2. The van der Waals surface area contributed by atoms with Gasteiger partial charge in [-0.2, -0.15) is 13.2 Å². The Bertz CT molecular complexity index is 410. The van der Waals surface area contributed by atoms with Gasteiger partial charge < -0.3 is 4.84 Å². The fraction of sp³-hybridized carbons (Fsp3) is 0.417. The van der Waals surface area contributed by atoms with Crippen LogP contribution < -0.4 is 0 Å². The Morgan fingerprint density at radius 1 is 1.29 bits per heavy atom. The second-order valence-corrected chi connectivity index (χ2v) is 3.92. The van der Waals surface area contributed by atoms with Crippen molar-refractivity contribution in [2.45, 2.75) is 25.6 Å². The Morgan fingerprint density at radius 3 is 2.65 bits per heavy atom. The van der Waals surface area contributed by atoms with E-state index in [2.05, 4.69) is 11.4 Å². The Kier molecular flexibility index (Phi) is 3.36. The van der Waals surface area contributed by atoms with Gasteiger partial charge in [0.15, 0.2) is 0 Å². The van der Waals surface area contributed by atoms with Gasteiger partial charge in [0.25, 0.3) is 0 Å². The first-order valence-electron chi connectivity index (χ1n) is 5.30. The van der Waals surface area contributed by atoms with Gasteiger partial charge in [-0.25, -0.2) is 0 Å². The Hall–Kier alpha value is -1.52. The first-order chi connectivity index (χ1) is 8.07. The second kappa shape index (κ2) is 4.77. The molecule has 17 heavy (non-hydrogen) atoms. The van der Waals surface area contributed by atoms with E-state index in [4.69, 9.17) is 4.84 Å². The average Bonchev–Trinajstić information content (AvgIpc) is 3.07.